The van der Waals surface area contributed by atoms with Crippen molar-refractivity contribution in [1.82, 2.24) is 14.9 Å². The Hall–Kier alpha value is -2.37. The Morgan fingerprint density at radius 1 is 1.53 bits per heavy atom. The van der Waals surface area contributed by atoms with Crippen LogP contribution in [0.15, 0.2) is 24.5 Å². The van der Waals surface area contributed by atoms with E-state index < -0.39 is 11.7 Å². The third-order valence-corrected chi connectivity index (χ3v) is 2.85. The molecular formula is C13H15FN4O. The minimum absolute atomic E-state index is 0.0493. The van der Waals surface area contributed by atoms with Crippen molar-refractivity contribution in [3.05, 3.63) is 47.3 Å². The fourth-order valence-corrected chi connectivity index (χ4v) is 1.78. The molecule has 5 nitrogen and oxygen atoms in total. The average molecular weight is 262 g/mol. The molecule has 1 heterocycles. The van der Waals surface area contributed by atoms with E-state index in [0.29, 0.717) is 17.1 Å². The summed E-state index contributed by atoms with van der Waals surface area (Å²) in [7, 11) is 1.82. The van der Waals surface area contributed by atoms with Crippen molar-refractivity contribution in [2.45, 2.75) is 13.5 Å². The Labute approximate surface area is 110 Å². The molecule has 0 aliphatic carbocycles. The minimum atomic E-state index is -0.549. The van der Waals surface area contributed by atoms with Crippen LogP contribution in [0.2, 0.25) is 0 Å². The highest BCUT2D eigenvalue weighted by Crippen LogP contribution is 2.17. The van der Waals surface area contributed by atoms with Gasteiger partial charge in [0.1, 0.15) is 11.6 Å². The van der Waals surface area contributed by atoms with Crippen molar-refractivity contribution in [2.24, 2.45) is 7.05 Å². The molecule has 2 aromatic rings. The second-order valence-electron chi connectivity index (χ2n) is 4.34. The minimum Gasteiger partial charge on any atom is -0.399 e. The molecule has 19 heavy (non-hydrogen) atoms. The molecule has 0 unspecified atom stereocenters. The number of nitrogens with two attached hydrogens (primary N) is 1. The number of nitrogen functional groups attached to an aromatic ring is 1. The maximum Gasteiger partial charge on any atom is 0.254 e. The predicted octanol–water partition coefficient (Wildman–Crippen LogP) is 1.38. The summed E-state index contributed by atoms with van der Waals surface area (Å²) in [6.07, 6.45) is 3.40. The number of rotatable bonds is 3. The van der Waals surface area contributed by atoms with Gasteiger partial charge >= 0.3 is 0 Å². The summed E-state index contributed by atoms with van der Waals surface area (Å²) >= 11 is 0. The molecule has 0 saturated heterocycles. The van der Waals surface area contributed by atoms with E-state index in [1.165, 1.54) is 12.1 Å². The van der Waals surface area contributed by atoms with E-state index in [2.05, 4.69) is 10.3 Å². The lowest BCUT2D eigenvalue weighted by Gasteiger charge is -2.08. The van der Waals surface area contributed by atoms with Gasteiger partial charge in [0.25, 0.3) is 5.91 Å². The largest absolute Gasteiger partial charge is 0.399 e. The number of benzene rings is 1. The molecular weight excluding hydrogens is 247 g/mol. The zero-order chi connectivity index (χ0) is 14.0. The fourth-order valence-electron chi connectivity index (χ4n) is 1.78. The molecule has 0 aliphatic heterocycles. The first-order chi connectivity index (χ1) is 8.99. The van der Waals surface area contributed by atoms with Crippen LogP contribution in [-0.2, 0) is 13.6 Å². The smallest absolute Gasteiger partial charge is 0.254 e. The van der Waals surface area contributed by atoms with Crippen molar-refractivity contribution in [2.75, 3.05) is 5.73 Å². The van der Waals surface area contributed by atoms with E-state index in [1.807, 2.05) is 7.05 Å². The highest BCUT2D eigenvalue weighted by atomic mass is 19.1. The summed E-state index contributed by atoms with van der Waals surface area (Å²) in [6, 6.07) is 2.82. The summed E-state index contributed by atoms with van der Waals surface area (Å²) in [5.74, 6) is -0.364. The molecule has 0 bridgehead atoms. The van der Waals surface area contributed by atoms with Crippen molar-refractivity contribution < 1.29 is 9.18 Å². The van der Waals surface area contributed by atoms with Crippen molar-refractivity contribution in [3.8, 4) is 0 Å². The van der Waals surface area contributed by atoms with Gasteiger partial charge < -0.3 is 15.6 Å². The van der Waals surface area contributed by atoms with Crippen LogP contribution in [-0.4, -0.2) is 15.5 Å². The van der Waals surface area contributed by atoms with Crippen LogP contribution in [0.3, 0.4) is 0 Å². The van der Waals surface area contributed by atoms with Crippen LogP contribution in [0.4, 0.5) is 10.1 Å². The van der Waals surface area contributed by atoms with E-state index >= 15 is 0 Å². The molecule has 0 spiro atoms. The number of nitrogens with zero attached hydrogens (tertiary/aromatic N) is 2. The monoisotopic (exact) mass is 262 g/mol. The zero-order valence-corrected chi connectivity index (χ0v) is 10.8. The topological polar surface area (TPSA) is 72.9 Å². The molecule has 100 valence electrons. The molecule has 1 aromatic carbocycles. The van der Waals surface area contributed by atoms with Gasteiger partial charge in [-0.2, -0.15) is 0 Å². The number of halogens is 1. The van der Waals surface area contributed by atoms with Crippen molar-refractivity contribution in [1.29, 1.82) is 0 Å². The maximum atomic E-state index is 13.8. The Kier molecular flexibility index (Phi) is 3.50. The van der Waals surface area contributed by atoms with E-state index in [-0.39, 0.29) is 12.1 Å². The highest BCUT2D eigenvalue weighted by Gasteiger charge is 2.15. The van der Waals surface area contributed by atoms with Gasteiger partial charge in [0, 0.05) is 25.1 Å². The number of imidazole rings is 1. The molecule has 1 aromatic heterocycles. The lowest BCUT2D eigenvalue weighted by Crippen LogP contribution is -2.25. The molecule has 1 amide bonds. The average Bonchev–Trinajstić information content (AvgIpc) is 2.76. The number of carbonyl (C=O) groups excluding carboxylic acids is 1. The SMILES string of the molecule is Cc1cc(N)cc(C(=O)NCc2nccn2C)c1F. The van der Waals surface area contributed by atoms with Gasteiger partial charge in [-0.1, -0.05) is 0 Å². The number of nitrogens with one attached hydrogen (secondary N) is 1. The highest BCUT2D eigenvalue weighted by molar-refractivity contribution is 5.95. The summed E-state index contributed by atoms with van der Waals surface area (Å²) in [4.78, 5) is 16.0. The second-order valence-corrected chi connectivity index (χ2v) is 4.34. The Balaban J connectivity index is 2.15. The molecule has 2 rings (SSSR count). The zero-order valence-electron chi connectivity index (χ0n) is 10.8. The number of carbonyl (C=O) groups is 1. The fraction of sp³-hybridized carbons (Fsp3) is 0.231. The molecule has 0 radical (unpaired) electrons. The van der Waals surface area contributed by atoms with Gasteiger partial charge in [-0.05, 0) is 24.6 Å². The van der Waals surface area contributed by atoms with Gasteiger partial charge in [-0.25, -0.2) is 9.37 Å². The summed E-state index contributed by atoms with van der Waals surface area (Å²) < 4.78 is 15.6. The number of hydrogen-bond acceptors (Lipinski definition) is 3. The van der Waals surface area contributed by atoms with Crippen LogP contribution in [0.1, 0.15) is 21.7 Å². The van der Waals surface area contributed by atoms with Gasteiger partial charge in [0.2, 0.25) is 0 Å². The quantitative estimate of drug-likeness (QED) is 0.821. The van der Waals surface area contributed by atoms with Crippen LogP contribution >= 0.6 is 0 Å². The third-order valence-electron chi connectivity index (χ3n) is 2.85. The van der Waals surface area contributed by atoms with E-state index in [0.717, 1.165) is 0 Å². The Morgan fingerprint density at radius 3 is 2.89 bits per heavy atom. The summed E-state index contributed by atoms with van der Waals surface area (Å²) in [5, 5.41) is 2.62. The number of anilines is 1. The maximum absolute atomic E-state index is 13.8. The van der Waals surface area contributed by atoms with Gasteiger partial charge in [0.05, 0.1) is 12.1 Å². The predicted molar refractivity (Wildman–Crippen MR) is 69.9 cm³/mol. The number of aryl methyl sites for hydroxylation is 2. The third kappa shape index (κ3) is 2.73. The Bertz CT molecular complexity index is 621. The molecule has 0 fully saturated rings. The first-order valence-electron chi connectivity index (χ1n) is 5.79. The number of amides is 1. The second kappa shape index (κ2) is 5.09. The van der Waals surface area contributed by atoms with Crippen LogP contribution in [0.25, 0.3) is 0 Å². The van der Waals surface area contributed by atoms with Crippen molar-refractivity contribution >= 4 is 11.6 Å². The lowest BCUT2D eigenvalue weighted by atomic mass is 10.1. The van der Waals surface area contributed by atoms with Crippen LogP contribution < -0.4 is 11.1 Å². The summed E-state index contributed by atoms with van der Waals surface area (Å²) in [6.45, 7) is 1.80. The van der Waals surface area contributed by atoms with Crippen LogP contribution in [0.5, 0.6) is 0 Å². The molecule has 0 atom stereocenters. The van der Waals surface area contributed by atoms with E-state index in [1.54, 1.807) is 23.9 Å². The van der Waals surface area contributed by atoms with Crippen LogP contribution in [0, 0.1) is 12.7 Å². The normalized spacial score (nSPS) is 10.5. The first-order valence-corrected chi connectivity index (χ1v) is 5.79. The Morgan fingerprint density at radius 2 is 2.26 bits per heavy atom. The van der Waals surface area contributed by atoms with E-state index in [4.69, 9.17) is 5.73 Å². The van der Waals surface area contributed by atoms with Crippen molar-refractivity contribution in [3.63, 3.8) is 0 Å². The molecule has 0 aliphatic rings. The van der Waals surface area contributed by atoms with Gasteiger partial charge in [0.15, 0.2) is 0 Å². The summed E-state index contributed by atoms with van der Waals surface area (Å²) in [5.41, 5.74) is 6.28. The molecule has 6 heteroatoms. The lowest BCUT2D eigenvalue weighted by molar-refractivity contribution is 0.0945. The van der Waals surface area contributed by atoms with Gasteiger partial charge in [-0.15, -0.1) is 0 Å². The number of aromatic nitrogens is 2. The molecule has 3 N–H and O–H groups in total. The number of hydrogen-bond donors (Lipinski definition) is 2. The first kappa shape index (κ1) is 13.1. The van der Waals surface area contributed by atoms with Gasteiger partial charge in [-0.3, -0.25) is 4.79 Å². The molecule has 0 saturated carbocycles. The standard InChI is InChI=1S/C13H15FN4O/c1-8-5-9(15)6-10(12(8)14)13(19)17-7-11-16-3-4-18(11)2/h3-6H,7,15H2,1-2H3,(H,17,19). The van der Waals surface area contributed by atoms with E-state index in [9.17, 15) is 9.18 Å².